The minimum absolute atomic E-state index is 0.139. The predicted molar refractivity (Wildman–Crippen MR) is 71.4 cm³/mol. The molecule has 0 unspecified atom stereocenters. The lowest BCUT2D eigenvalue weighted by atomic mass is 9.87. The molecule has 0 radical (unpaired) electrons. The fraction of sp³-hybridized carbons (Fsp3) is 0.500. The average molecular weight is 248 g/mol. The minimum Gasteiger partial charge on any atom is -0.393 e. The van der Waals surface area contributed by atoms with Crippen molar-refractivity contribution in [2.75, 3.05) is 11.9 Å². The first-order valence-electron chi connectivity index (χ1n) is 6.52. The van der Waals surface area contributed by atoms with Crippen LogP contribution in [-0.4, -0.2) is 23.8 Å². The van der Waals surface area contributed by atoms with Crippen LogP contribution in [0.4, 0.5) is 10.5 Å². The third-order valence-corrected chi connectivity index (χ3v) is 3.40. The molecule has 98 valence electrons. The Balaban J connectivity index is 1.69. The van der Waals surface area contributed by atoms with E-state index >= 15 is 0 Å². The first-order chi connectivity index (χ1) is 8.74. The van der Waals surface area contributed by atoms with Gasteiger partial charge in [-0.25, -0.2) is 4.79 Å². The van der Waals surface area contributed by atoms with Gasteiger partial charge in [0.1, 0.15) is 0 Å². The van der Waals surface area contributed by atoms with Gasteiger partial charge in [-0.3, -0.25) is 0 Å². The van der Waals surface area contributed by atoms with Crippen LogP contribution in [0.25, 0.3) is 0 Å². The molecule has 0 aromatic heterocycles. The van der Waals surface area contributed by atoms with E-state index in [1.165, 1.54) is 0 Å². The molecule has 1 aliphatic rings. The summed E-state index contributed by atoms with van der Waals surface area (Å²) in [6.45, 7) is 0.686. The second-order valence-electron chi connectivity index (χ2n) is 4.88. The van der Waals surface area contributed by atoms with Crippen LogP contribution in [0, 0.1) is 5.92 Å². The lowest BCUT2D eigenvalue weighted by Crippen LogP contribution is -2.34. The standard InChI is InChI=1S/C14H20N2O2/c17-13-8-6-11(7-9-13)10-15-14(18)16-12-4-2-1-3-5-12/h1-5,11,13,17H,6-10H2,(H2,15,16,18). The van der Waals surface area contributed by atoms with Crippen molar-refractivity contribution in [1.82, 2.24) is 5.32 Å². The molecule has 4 heteroatoms. The minimum atomic E-state index is -0.160. The quantitative estimate of drug-likeness (QED) is 0.769. The number of urea groups is 1. The summed E-state index contributed by atoms with van der Waals surface area (Å²) in [5.41, 5.74) is 0.800. The van der Waals surface area contributed by atoms with E-state index in [1.807, 2.05) is 30.3 Å². The molecule has 0 saturated heterocycles. The second-order valence-corrected chi connectivity index (χ2v) is 4.88. The summed E-state index contributed by atoms with van der Waals surface area (Å²) >= 11 is 0. The second kappa shape index (κ2) is 6.40. The fourth-order valence-electron chi connectivity index (χ4n) is 2.28. The summed E-state index contributed by atoms with van der Waals surface area (Å²) in [7, 11) is 0. The Kier molecular flexibility index (Phi) is 4.59. The number of anilines is 1. The van der Waals surface area contributed by atoms with Crippen LogP contribution in [0.1, 0.15) is 25.7 Å². The van der Waals surface area contributed by atoms with E-state index in [1.54, 1.807) is 0 Å². The van der Waals surface area contributed by atoms with Crippen molar-refractivity contribution in [1.29, 1.82) is 0 Å². The molecule has 3 N–H and O–H groups in total. The zero-order valence-electron chi connectivity index (χ0n) is 10.4. The highest BCUT2D eigenvalue weighted by atomic mass is 16.3. The van der Waals surface area contributed by atoms with E-state index in [9.17, 15) is 9.90 Å². The molecule has 1 aromatic rings. The Labute approximate surface area is 107 Å². The highest BCUT2D eigenvalue weighted by Gasteiger charge is 2.19. The first kappa shape index (κ1) is 12.9. The van der Waals surface area contributed by atoms with Crippen molar-refractivity contribution in [2.45, 2.75) is 31.8 Å². The SMILES string of the molecule is O=C(NCC1CCC(O)CC1)Nc1ccccc1. The van der Waals surface area contributed by atoms with Crippen molar-refractivity contribution in [3.05, 3.63) is 30.3 Å². The first-order valence-corrected chi connectivity index (χ1v) is 6.52. The van der Waals surface area contributed by atoms with Crippen molar-refractivity contribution in [3.63, 3.8) is 0 Å². The molecule has 0 spiro atoms. The Hall–Kier alpha value is -1.55. The predicted octanol–water partition coefficient (Wildman–Crippen LogP) is 2.36. The molecule has 0 bridgehead atoms. The smallest absolute Gasteiger partial charge is 0.319 e. The van der Waals surface area contributed by atoms with Crippen LogP contribution < -0.4 is 10.6 Å². The lowest BCUT2D eigenvalue weighted by Gasteiger charge is -2.25. The molecule has 1 saturated carbocycles. The summed E-state index contributed by atoms with van der Waals surface area (Å²) < 4.78 is 0. The maximum absolute atomic E-state index is 11.6. The molecule has 18 heavy (non-hydrogen) atoms. The number of hydrogen-bond donors (Lipinski definition) is 3. The van der Waals surface area contributed by atoms with E-state index < -0.39 is 0 Å². The maximum Gasteiger partial charge on any atom is 0.319 e. The largest absolute Gasteiger partial charge is 0.393 e. The number of carbonyl (C=O) groups excluding carboxylic acids is 1. The monoisotopic (exact) mass is 248 g/mol. The average Bonchev–Trinajstić information content (AvgIpc) is 2.39. The maximum atomic E-state index is 11.6. The number of aliphatic hydroxyl groups is 1. The number of nitrogens with one attached hydrogen (secondary N) is 2. The summed E-state index contributed by atoms with van der Waals surface area (Å²) in [5, 5.41) is 15.1. The number of hydrogen-bond acceptors (Lipinski definition) is 2. The van der Waals surface area contributed by atoms with Gasteiger partial charge in [-0.15, -0.1) is 0 Å². The number of carbonyl (C=O) groups is 1. The normalized spacial score (nSPS) is 23.4. The summed E-state index contributed by atoms with van der Waals surface area (Å²) in [6.07, 6.45) is 3.55. The van der Waals surface area contributed by atoms with Gasteiger partial charge in [-0.05, 0) is 43.7 Å². The van der Waals surface area contributed by atoms with Gasteiger partial charge < -0.3 is 15.7 Å². The topological polar surface area (TPSA) is 61.4 Å². The zero-order valence-corrected chi connectivity index (χ0v) is 10.4. The number of benzene rings is 1. The highest BCUT2D eigenvalue weighted by Crippen LogP contribution is 2.23. The third kappa shape index (κ3) is 4.04. The van der Waals surface area contributed by atoms with Gasteiger partial charge in [-0.2, -0.15) is 0 Å². The molecule has 1 aliphatic carbocycles. The Morgan fingerprint density at radius 1 is 1.17 bits per heavy atom. The van der Waals surface area contributed by atoms with Crippen LogP contribution >= 0.6 is 0 Å². The van der Waals surface area contributed by atoms with Crippen molar-refractivity contribution in [2.24, 2.45) is 5.92 Å². The van der Waals surface area contributed by atoms with Gasteiger partial charge in [-0.1, -0.05) is 18.2 Å². The van der Waals surface area contributed by atoms with Crippen LogP contribution in [0.3, 0.4) is 0 Å². The van der Waals surface area contributed by atoms with E-state index in [0.717, 1.165) is 31.4 Å². The molecule has 0 heterocycles. The van der Waals surface area contributed by atoms with Crippen LogP contribution in [0.5, 0.6) is 0 Å². The summed E-state index contributed by atoms with van der Waals surface area (Å²) in [4.78, 5) is 11.6. The molecule has 2 rings (SSSR count). The van der Waals surface area contributed by atoms with E-state index in [2.05, 4.69) is 10.6 Å². The molecular formula is C14H20N2O2. The number of para-hydroxylation sites is 1. The summed E-state index contributed by atoms with van der Waals surface area (Å²) in [5.74, 6) is 0.495. The van der Waals surface area contributed by atoms with Gasteiger partial charge in [0.2, 0.25) is 0 Å². The van der Waals surface area contributed by atoms with Crippen molar-refractivity contribution in [3.8, 4) is 0 Å². The van der Waals surface area contributed by atoms with Crippen LogP contribution in [-0.2, 0) is 0 Å². The molecule has 1 aromatic carbocycles. The Morgan fingerprint density at radius 2 is 1.83 bits per heavy atom. The highest BCUT2D eigenvalue weighted by molar-refractivity contribution is 5.89. The lowest BCUT2D eigenvalue weighted by molar-refractivity contribution is 0.109. The molecule has 4 nitrogen and oxygen atoms in total. The fourth-order valence-corrected chi connectivity index (χ4v) is 2.28. The van der Waals surface area contributed by atoms with Crippen LogP contribution in [0.2, 0.25) is 0 Å². The molecule has 1 fully saturated rings. The van der Waals surface area contributed by atoms with E-state index in [4.69, 9.17) is 0 Å². The zero-order chi connectivity index (χ0) is 12.8. The van der Waals surface area contributed by atoms with E-state index in [-0.39, 0.29) is 12.1 Å². The van der Waals surface area contributed by atoms with Gasteiger partial charge >= 0.3 is 6.03 Å². The number of amides is 2. The molecule has 2 amide bonds. The Bertz CT molecular complexity index is 373. The van der Waals surface area contributed by atoms with E-state index in [0.29, 0.717) is 12.5 Å². The van der Waals surface area contributed by atoms with Gasteiger partial charge in [0.25, 0.3) is 0 Å². The number of aliphatic hydroxyl groups excluding tert-OH is 1. The Morgan fingerprint density at radius 3 is 2.50 bits per heavy atom. The van der Waals surface area contributed by atoms with Crippen LogP contribution in [0.15, 0.2) is 30.3 Å². The van der Waals surface area contributed by atoms with Gasteiger partial charge in [0.15, 0.2) is 0 Å². The molecular weight excluding hydrogens is 228 g/mol. The van der Waals surface area contributed by atoms with Crippen molar-refractivity contribution < 1.29 is 9.90 Å². The van der Waals surface area contributed by atoms with Gasteiger partial charge in [0.05, 0.1) is 6.10 Å². The molecule has 0 aliphatic heterocycles. The summed E-state index contributed by atoms with van der Waals surface area (Å²) in [6, 6.07) is 9.24. The number of rotatable bonds is 3. The molecule has 0 atom stereocenters. The third-order valence-electron chi connectivity index (χ3n) is 3.40. The van der Waals surface area contributed by atoms with Gasteiger partial charge in [0, 0.05) is 12.2 Å². The van der Waals surface area contributed by atoms with Crippen molar-refractivity contribution >= 4 is 11.7 Å².